The van der Waals surface area contributed by atoms with Gasteiger partial charge in [-0.15, -0.1) is 0 Å². The lowest BCUT2D eigenvalue weighted by molar-refractivity contribution is 0.536. The van der Waals surface area contributed by atoms with Crippen molar-refractivity contribution in [2.75, 3.05) is 0 Å². The van der Waals surface area contributed by atoms with Gasteiger partial charge >= 0.3 is 0 Å². The van der Waals surface area contributed by atoms with Crippen molar-refractivity contribution in [3.63, 3.8) is 0 Å². The van der Waals surface area contributed by atoms with Gasteiger partial charge in [0.15, 0.2) is 0 Å². The van der Waals surface area contributed by atoms with Crippen molar-refractivity contribution in [1.82, 2.24) is 0 Å². The third kappa shape index (κ3) is 3.94. The van der Waals surface area contributed by atoms with Gasteiger partial charge in [0.2, 0.25) is 0 Å². The van der Waals surface area contributed by atoms with E-state index in [1.807, 2.05) is 0 Å². The molecule has 33 heavy (non-hydrogen) atoms. The van der Waals surface area contributed by atoms with Gasteiger partial charge in [-0.05, 0) is 33.9 Å². The average Bonchev–Trinajstić information content (AvgIpc) is 2.90. The van der Waals surface area contributed by atoms with Crippen LogP contribution in [0.15, 0.2) is 150 Å². The first-order chi connectivity index (χ1) is 16.3. The molecule has 0 nitrogen and oxygen atoms in total. The van der Waals surface area contributed by atoms with Gasteiger partial charge in [-0.1, -0.05) is 155 Å². The summed E-state index contributed by atoms with van der Waals surface area (Å²) in [5, 5.41) is 0. The molecular formula is C32H25Br. The first-order valence-corrected chi connectivity index (χ1v) is 12.1. The lowest BCUT2D eigenvalue weighted by Crippen LogP contribution is -2.37. The highest BCUT2D eigenvalue weighted by molar-refractivity contribution is 9.10. The van der Waals surface area contributed by atoms with Gasteiger partial charge in [0.25, 0.3) is 0 Å². The van der Waals surface area contributed by atoms with Crippen molar-refractivity contribution in [1.29, 1.82) is 0 Å². The number of halogens is 1. The highest BCUT2D eigenvalue weighted by Gasteiger charge is 2.45. The molecule has 0 unspecified atom stereocenters. The van der Waals surface area contributed by atoms with Crippen LogP contribution in [0.1, 0.15) is 33.7 Å². The lowest BCUT2D eigenvalue weighted by atomic mass is 9.58. The quantitative estimate of drug-likeness (QED) is 0.210. The monoisotopic (exact) mass is 488 g/mol. The molecule has 0 saturated carbocycles. The molecule has 5 aromatic rings. The van der Waals surface area contributed by atoms with Crippen LogP contribution in [0.5, 0.6) is 0 Å². The normalized spacial score (nSPS) is 12.3. The third-order valence-electron chi connectivity index (χ3n) is 6.47. The standard InChI is InChI=1S/C32H25Br/c33-30-24-14-13-23-29(30)31(25-15-5-1-6-16-25)32(26-17-7-2-8-18-26,27-19-9-3-10-20-27)28-21-11-4-12-22-28/h1-24,31H/t31-/m0/s1. The summed E-state index contributed by atoms with van der Waals surface area (Å²) in [6.07, 6.45) is 0. The molecule has 0 aliphatic carbocycles. The average molecular weight is 489 g/mol. The molecule has 0 fully saturated rings. The van der Waals surface area contributed by atoms with Gasteiger partial charge in [0, 0.05) is 10.4 Å². The molecule has 0 amide bonds. The Labute approximate surface area is 204 Å². The zero-order valence-corrected chi connectivity index (χ0v) is 19.9. The van der Waals surface area contributed by atoms with Crippen LogP contribution < -0.4 is 0 Å². The predicted molar refractivity (Wildman–Crippen MR) is 142 cm³/mol. The van der Waals surface area contributed by atoms with Crippen molar-refractivity contribution in [3.05, 3.63) is 178 Å². The van der Waals surface area contributed by atoms with E-state index < -0.39 is 5.41 Å². The summed E-state index contributed by atoms with van der Waals surface area (Å²) in [4.78, 5) is 0. The molecule has 1 atom stereocenters. The van der Waals surface area contributed by atoms with E-state index in [9.17, 15) is 0 Å². The molecule has 1 heteroatoms. The molecule has 5 aromatic carbocycles. The number of hydrogen-bond donors (Lipinski definition) is 0. The van der Waals surface area contributed by atoms with E-state index in [0.29, 0.717) is 0 Å². The van der Waals surface area contributed by atoms with Crippen LogP contribution in [0, 0.1) is 0 Å². The van der Waals surface area contributed by atoms with Crippen LogP contribution in [-0.4, -0.2) is 0 Å². The van der Waals surface area contributed by atoms with E-state index in [-0.39, 0.29) is 5.92 Å². The topological polar surface area (TPSA) is 0 Å². The first-order valence-electron chi connectivity index (χ1n) is 11.3. The molecule has 0 spiro atoms. The molecule has 0 aromatic heterocycles. The van der Waals surface area contributed by atoms with Crippen molar-refractivity contribution < 1.29 is 0 Å². The highest BCUT2D eigenvalue weighted by Crippen LogP contribution is 2.53. The van der Waals surface area contributed by atoms with Crippen molar-refractivity contribution >= 4 is 15.9 Å². The van der Waals surface area contributed by atoms with Gasteiger partial charge < -0.3 is 0 Å². The second-order valence-corrected chi connectivity index (χ2v) is 9.13. The Hall–Kier alpha value is -3.42. The molecule has 160 valence electrons. The smallest absolute Gasteiger partial charge is 0.0560 e. The van der Waals surface area contributed by atoms with Crippen LogP contribution in [0.3, 0.4) is 0 Å². The van der Waals surface area contributed by atoms with Crippen LogP contribution in [0.25, 0.3) is 0 Å². The molecule has 0 aliphatic rings. The van der Waals surface area contributed by atoms with Crippen LogP contribution in [0.2, 0.25) is 0 Å². The minimum atomic E-state index is -0.436. The van der Waals surface area contributed by atoms with Crippen LogP contribution >= 0.6 is 15.9 Å². The molecule has 0 heterocycles. The third-order valence-corrected chi connectivity index (χ3v) is 7.19. The van der Waals surface area contributed by atoms with E-state index in [4.69, 9.17) is 0 Å². The molecule has 0 aliphatic heterocycles. The van der Waals surface area contributed by atoms with Crippen molar-refractivity contribution in [2.24, 2.45) is 0 Å². The minimum Gasteiger partial charge on any atom is -0.0622 e. The predicted octanol–water partition coefficient (Wildman–Crippen LogP) is 8.62. The van der Waals surface area contributed by atoms with E-state index in [1.165, 1.54) is 27.8 Å². The summed E-state index contributed by atoms with van der Waals surface area (Å²) >= 11 is 3.90. The number of rotatable bonds is 6. The Bertz CT molecular complexity index is 1200. The number of benzene rings is 5. The van der Waals surface area contributed by atoms with Gasteiger partial charge in [-0.3, -0.25) is 0 Å². The summed E-state index contributed by atoms with van der Waals surface area (Å²) in [5.74, 6) is 0.0430. The molecule has 0 saturated heterocycles. The molecular weight excluding hydrogens is 464 g/mol. The fraction of sp³-hybridized carbons (Fsp3) is 0.0625. The largest absolute Gasteiger partial charge is 0.0622 e. The SMILES string of the molecule is Brc1ccccc1[C@H](c1ccccc1)C(c1ccccc1)(c1ccccc1)c1ccccc1. The minimum absolute atomic E-state index is 0.0430. The van der Waals surface area contributed by atoms with Gasteiger partial charge in [0.1, 0.15) is 0 Å². The first kappa shape index (κ1) is 21.4. The summed E-state index contributed by atoms with van der Waals surface area (Å²) < 4.78 is 1.12. The van der Waals surface area contributed by atoms with Gasteiger partial charge in [-0.25, -0.2) is 0 Å². The van der Waals surface area contributed by atoms with Crippen LogP contribution in [0.4, 0.5) is 0 Å². The fourth-order valence-corrected chi connectivity index (χ4v) is 5.63. The Morgan fingerprint density at radius 1 is 0.424 bits per heavy atom. The van der Waals surface area contributed by atoms with E-state index in [2.05, 4.69) is 162 Å². The van der Waals surface area contributed by atoms with Gasteiger partial charge in [0.05, 0.1) is 5.41 Å². The van der Waals surface area contributed by atoms with E-state index in [0.717, 1.165) is 4.47 Å². The maximum Gasteiger partial charge on any atom is 0.0560 e. The van der Waals surface area contributed by atoms with Crippen LogP contribution in [-0.2, 0) is 5.41 Å². The van der Waals surface area contributed by atoms with Gasteiger partial charge in [-0.2, -0.15) is 0 Å². The molecule has 0 N–H and O–H groups in total. The Balaban J connectivity index is 1.97. The van der Waals surface area contributed by atoms with E-state index in [1.54, 1.807) is 0 Å². The summed E-state index contributed by atoms with van der Waals surface area (Å²) in [6, 6.07) is 52.4. The molecule has 5 rings (SSSR count). The molecule has 0 bridgehead atoms. The molecule has 0 radical (unpaired) electrons. The second kappa shape index (κ2) is 9.60. The maximum absolute atomic E-state index is 3.90. The van der Waals surface area contributed by atoms with Crippen molar-refractivity contribution in [3.8, 4) is 0 Å². The van der Waals surface area contributed by atoms with E-state index >= 15 is 0 Å². The lowest BCUT2D eigenvalue weighted by Gasteiger charge is -2.44. The second-order valence-electron chi connectivity index (χ2n) is 8.27. The number of hydrogen-bond acceptors (Lipinski definition) is 0. The highest BCUT2D eigenvalue weighted by atomic mass is 79.9. The Morgan fingerprint density at radius 3 is 1.21 bits per heavy atom. The zero-order chi connectivity index (χ0) is 22.5. The zero-order valence-electron chi connectivity index (χ0n) is 18.3. The Morgan fingerprint density at radius 2 is 0.788 bits per heavy atom. The Kier molecular flexibility index (Phi) is 6.24. The fourth-order valence-electron chi connectivity index (χ4n) is 5.12. The van der Waals surface area contributed by atoms with Crippen molar-refractivity contribution in [2.45, 2.75) is 11.3 Å². The summed E-state index contributed by atoms with van der Waals surface area (Å²) in [5.41, 5.74) is 5.92. The summed E-state index contributed by atoms with van der Waals surface area (Å²) in [6.45, 7) is 0. The maximum atomic E-state index is 3.90. The summed E-state index contributed by atoms with van der Waals surface area (Å²) in [7, 11) is 0.